The molecule has 2 aliphatic heterocycles. The molecule has 1 fully saturated rings. The number of aromatic nitrogens is 1. The molecule has 0 aliphatic carbocycles. The van der Waals surface area contributed by atoms with Crippen LogP contribution in [-0.4, -0.2) is 53.2 Å². The number of aromatic hydroxyl groups is 1. The molecule has 0 spiro atoms. The summed E-state index contributed by atoms with van der Waals surface area (Å²) in [5.74, 6) is -0.105. The zero-order chi connectivity index (χ0) is 22.5. The van der Waals surface area contributed by atoms with Crippen LogP contribution in [0.4, 0.5) is 0 Å². The fraction of sp³-hybridized carbons (Fsp3) is 0.261. The maximum absolute atomic E-state index is 13.6. The Balaban J connectivity index is 1.70. The molecule has 0 saturated carbocycles. The first-order valence-electron chi connectivity index (χ1n) is 10.5. The van der Waals surface area contributed by atoms with Crippen LogP contribution in [0.25, 0.3) is 17.0 Å². The van der Waals surface area contributed by atoms with Gasteiger partial charge in [0, 0.05) is 49.0 Å². The minimum Gasteiger partial charge on any atom is -0.506 e. The van der Waals surface area contributed by atoms with Gasteiger partial charge in [-0.2, -0.15) is 12.7 Å². The monoisotopic (exact) mass is 452 g/mol. The molecule has 1 unspecified atom stereocenters. The highest BCUT2D eigenvalue weighted by Gasteiger charge is 2.39. The number of nitrogens with one attached hydrogen (secondary N) is 2. The second-order valence-electron chi connectivity index (χ2n) is 8.03. The molecule has 3 aromatic rings. The van der Waals surface area contributed by atoms with Crippen molar-refractivity contribution < 1.29 is 18.3 Å². The number of carbonyl (C=O) groups excluding carboxylic acids is 1. The molecule has 8 nitrogen and oxygen atoms in total. The number of carbonyl (C=O) groups is 1. The summed E-state index contributed by atoms with van der Waals surface area (Å²) < 4.78 is 30.1. The molecular formula is C23H24N4O4S. The fourth-order valence-electron chi connectivity index (χ4n) is 4.58. The second-order valence-corrected chi connectivity index (χ2v) is 9.86. The number of hydrogen-bond acceptors (Lipinski definition) is 4. The summed E-state index contributed by atoms with van der Waals surface area (Å²) in [6.07, 6.45) is 6.74. The molecule has 1 atom stereocenters. The molecule has 0 bridgehead atoms. The number of amides is 1. The first-order valence-corrected chi connectivity index (χ1v) is 11.9. The Morgan fingerprint density at radius 1 is 1.16 bits per heavy atom. The molecule has 3 heterocycles. The van der Waals surface area contributed by atoms with Crippen molar-refractivity contribution in [1.29, 1.82) is 0 Å². The summed E-state index contributed by atoms with van der Waals surface area (Å²) in [6, 6.07) is 9.82. The third kappa shape index (κ3) is 3.16. The van der Waals surface area contributed by atoms with E-state index >= 15 is 0 Å². The average Bonchev–Trinajstić information content (AvgIpc) is 3.49. The van der Waals surface area contributed by atoms with E-state index in [9.17, 15) is 18.3 Å². The van der Waals surface area contributed by atoms with Gasteiger partial charge in [-0.15, -0.1) is 0 Å². The van der Waals surface area contributed by atoms with E-state index in [1.807, 2.05) is 12.1 Å². The third-order valence-electron chi connectivity index (χ3n) is 6.20. The number of phenolic OH excluding ortho intramolecular Hbond substituents is 1. The van der Waals surface area contributed by atoms with Crippen molar-refractivity contribution in [2.24, 2.45) is 0 Å². The van der Waals surface area contributed by atoms with Gasteiger partial charge in [-0.25, -0.2) is 0 Å². The molecule has 1 aromatic heterocycles. The summed E-state index contributed by atoms with van der Waals surface area (Å²) in [4.78, 5) is 15.2. The number of benzene rings is 2. The van der Waals surface area contributed by atoms with Crippen molar-refractivity contribution >= 4 is 33.1 Å². The van der Waals surface area contributed by atoms with Crippen LogP contribution in [0, 0.1) is 0 Å². The largest absolute Gasteiger partial charge is 0.506 e. The smallest absolute Gasteiger partial charge is 0.304 e. The predicted molar refractivity (Wildman–Crippen MR) is 122 cm³/mol. The van der Waals surface area contributed by atoms with E-state index in [1.165, 1.54) is 8.61 Å². The number of H-pyrrole nitrogens is 1. The second kappa shape index (κ2) is 7.68. The Morgan fingerprint density at radius 3 is 2.69 bits per heavy atom. The first-order chi connectivity index (χ1) is 15.4. The van der Waals surface area contributed by atoms with Crippen LogP contribution in [0.1, 0.15) is 45.9 Å². The van der Waals surface area contributed by atoms with E-state index < -0.39 is 16.3 Å². The highest BCUT2D eigenvalue weighted by atomic mass is 32.2. The Kier molecular flexibility index (Phi) is 4.94. The minimum absolute atomic E-state index is 0.101. The van der Waals surface area contributed by atoms with Crippen LogP contribution in [0.2, 0.25) is 0 Å². The van der Waals surface area contributed by atoms with Gasteiger partial charge in [0.15, 0.2) is 0 Å². The van der Waals surface area contributed by atoms with Crippen molar-refractivity contribution in [3.8, 4) is 5.75 Å². The Morgan fingerprint density at radius 2 is 1.94 bits per heavy atom. The maximum atomic E-state index is 13.6. The zero-order valence-corrected chi connectivity index (χ0v) is 18.4. The summed E-state index contributed by atoms with van der Waals surface area (Å²) in [5, 5.41) is 13.6. The van der Waals surface area contributed by atoms with E-state index in [-0.39, 0.29) is 11.7 Å². The van der Waals surface area contributed by atoms with Crippen molar-refractivity contribution in [3.63, 3.8) is 0 Å². The molecule has 0 radical (unpaired) electrons. The Bertz CT molecular complexity index is 1340. The number of nitrogens with zero attached hydrogens (tertiary/aromatic N) is 2. The van der Waals surface area contributed by atoms with E-state index in [1.54, 1.807) is 49.8 Å². The Hall–Kier alpha value is -3.30. The molecule has 166 valence electrons. The van der Waals surface area contributed by atoms with Crippen LogP contribution < -0.4 is 5.32 Å². The molecule has 5 rings (SSSR count). The van der Waals surface area contributed by atoms with Gasteiger partial charge in [-0.05, 0) is 48.2 Å². The summed E-state index contributed by atoms with van der Waals surface area (Å²) in [5.41, 5.74) is 3.34. The SMILES string of the molecule is CNC(=O)c1ccc2c(c1)C=CN(S(=O)(=O)N1CCCC1)C2c1c[nH]c2c(O)cccc12. The summed E-state index contributed by atoms with van der Waals surface area (Å²) >= 11 is 0. The van der Waals surface area contributed by atoms with Gasteiger partial charge >= 0.3 is 10.2 Å². The van der Waals surface area contributed by atoms with Gasteiger partial charge in [0.05, 0.1) is 11.6 Å². The van der Waals surface area contributed by atoms with E-state index in [0.717, 1.165) is 34.9 Å². The lowest BCUT2D eigenvalue weighted by atomic mass is 9.90. The summed E-state index contributed by atoms with van der Waals surface area (Å²) in [7, 11) is -2.19. The van der Waals surface area contributed by atoms with Crippen molar-refractivity contribution in [2.45, 2.75) is 18.9 Å². The first kappa shape index (κ1) is 20.6. The minimum atomic E-state index is -3.77. The molecular weight excluding hydrogens is 428 g/mol. The number of fused-ring (bicyclic) bond motifs is 2. The number of phenols is 1. The van der Waals surface area contributed by atoms with Crippen molar-refractivity contribution in [1.82, 2.24) is 18.9 Å². The van der Waals surface area contributed by atoms with Crippen LogP contribution in [0.15, 0.2) is 48.8 Å². The number of para-hydroxylation sites is 1. The van der Waals surface area contributed by atoms with Gasteiger partial charge in [-0.3, -0.25) is 9.10 Å². The normalized spacial score (nSPS) is 18.8. The molecule has 2 aromatic carbocycles. The molecule has 3 N–H and O–H groups in total. The molecule has 1 amide bonds. The van der Waals surface area contributed by atoms with Gasteiger partial charge in [0.25, 0.3) is 5.91 Å². The highest BCUT2D eigenvalue weighted by molar-refractivity contribution is 7.86. The van der Waals surface area contributed by atoms with Crippen molar-refractivity contribution in [2.75, 3.05) is 20.1 Å². The van der Waals surface area contributed by atoms with Gasteiger partial charge < -0.3 is 15.4 Å². The quantitative estimate of drug-likeness (QED) is 0.566. The van der Waals surface area contributed by atoms with Gasteiger partial charge in [0.2, 0.25) is 0 Å². The average molecular weight is 453 g/mol. The lowest BCUT2D eigenvalue weighted by Gasteiger charge is -2.36. The van der Waals surface area contributed by atoms with Crippen LogP contribution >= 0.6 is 0 Å². The van der Waals surface area contributed by atoms with E-state index in [0.29, 0.717) is 24.2 Å². The van der Waals surface area contributed by atoms with Crippen molar-refractivity contribution in [3.05, 3.63) is 71.0 Å². The van der Waals surface area contributed by atoms with E-state index in [2.05, 4.69) is 10.3 Å². The number of rotatable bonds is 4. The highest BCUT2D eigenvalue weighted by Crippen LogP contribution is 2.42. The van der Waals surface area contributed by atoms with E-state index in [4.69, 9.17) is 0 Å². The van der Waals surface area contributed by atoms with Crippen LogP contribution in [0.5, 0.6) is 5.75 Å². The Labute approximate surface area is 186 Å². The zero-order valence-electron chi connectivity index (χ0n) is 17.6. The number of hydrogen-bond donors (Lipinski definition) is 3. The number of aromatic amines is 1. The molecule has 1 saturated heterocycles. The van der Waals surface area contributed by atoms with Crippen LogP contribution in [0.3, 0.4) is 0 Å². The fourth-order valence-corrected chi connectivity index (χ4v) is 6.28. The lowest BCUT2D eigenvalue weighted by Crippen LogP contribution is -2.42. The van der Waals surface area contributed by atoms with Gasteiger partial charge in [-0.1, -0.05) is 18.2 Å². The molecule has 32 heavy (non-hydrogen) atoms. The van der Waals surface area contributed by atoms with Crippen LogP contribution in [-0.2, 0) is 10.2 Å². The maximum Gasteiger partial charge on any atom is 0.304 e. The summed E-state index contributed by atoms with van der Waals surface area (Å²) in [6.45, 7) is 0.993. The van der Waals surface area contributed by atoms with Gasteiger partial charge in [0.1, 0.15) is 5.75 Å². The molecule has 9 heteroatoms. The third-order valence-corrected chi connectivity index (χ3v) is 8.09. The molecule has 2 aliphatic rings. The lowest BCUT2D eigenvalue weighted by molar-refractivity contribution is 0.0963. The standard InChI is InChI=1S/C23H24N4O4S/c1-24-23(29)16-7-8-17-15(13-16)9-12-27(32(30,31)26-10-2-3-11-26)22(17)19-14-25-21-18(19)5-4-6-20(21)28/h4-9,12-14,22,25,28H,2-3,10-11H2,1H3,(H,24,29). The topological polar surface area (TPSA) is 106 Å². The predicted octanol–water partition coefficient (Wildman–Crippen LogP) is 2.95.